The van der Waals surface area contributed by atoms with Gasteiger partial charge in [0.25, 0.3) is 0 Å². The Morgan fingerprint density at radius 3 is 1.78 bits per heavy atom. The summed E-state index contributed by atoms with van der Waals surface area (Å²) in [4.78, 5) is 0. The topological polar surface area (TPSA) is 0 Å². The van der Waals surface area contributed by atoms with E-state index in [1.54, 1.807) is 23.5 Å². The second kappa shape index (κ2) is 3.31. The van der Waals surface area contributed by atoms with E-state index in [4.69, 9.17) is 34.8 Å². The van der Waals surface area contributed by atoms with Crippen molar-refractivity contribution < 1.29 is 0 Å². The summed E-state index contributed by atoms with van der Waals surface area (Å²) in [6, 6.07) is 0. The monoisotopic (exact) mass is 222 g/mol. The van der Waals surface area contributed by atoms with Crippen molar-refractivity contribution in [3.05, 3.63) is 0 Å². The fourth-order valence-electron chi connectivity index (χ4n) is 0.547. The van der Waals surface area contributed by atoms with Gasteiger partial charge in [-0.1, -0.05) is 34.8 Å². The highest BCUT2D eigenvalue weighted by atomic mass is 35.6. The molecule has 9 heavy (non-hydrogen) atoms. The first-order valence-electron chi connectivity index (χ1n) is 2.40. The van der Waals surface area contributed by atoms with Crippen LogP contribution in [-0.4, -0.2) is 19.9 Å². The molecule has 0 radical (unpaired) electrons. The number of thioether (sulfide) groups is 2. The van der Waals surface area contributed by atoms with E-state index in [-0.39, 0.29) is 4.58 Å². The molecule has 0 bridgehead atoms. The second-order valence-corrected chi connectivity index (χ2v) is 6.71. The largest absolute Gasteiger partial charge is 0.211 e. The van der Waals surface area contributed by atoms with Crippen LogP contribution in [0.25, 0.3) is 0 Å². The van der Waals surface area contributed by atoms with Crippen molar-refractivity contribution in [2.45, 2.75) is 8.37 Å². The second-order valence-electron chi connectivity index (χ2n) is 1.62. The first-order valence-corrected chi connectivity index (χ1v) is 5.64. The van der Waals surface area contributed by atoms with Crippen molar-refractivity contribution in [1.82, 2.24) is 0 Å². The van der Waals surface area contributed by atoms with Crippen LogP contribution in [0.2, 0.25) is 0 Å². The van der Waals surface area contributed by atoms with Gasteiger partial charge in [0, 0.05) is 11.5 Å². The Hall–Kier alpha value is 1.57. The molecule has 54 valence electrons. The lowest BCUT2D eigenvalue weighted by Gasteiger charge is -2.16. The number of halogens is 3. The standard InChI is InChI=1S/C4H5Cl3S2/c5-4(6,7)3-8-1-2-9-3/h3H,1-2H2. The average Bonchev–Trinajstić information content (AvgIpc) is 2.08. The minimum Gasteiger partial charge on any atom is -0.142 e. The third kappa shape index (κ3) is 2.58. The molecule has 0 saturated carbocycles. The normalized spacial score (nSPS) is 23.0. The molecule has 1 heterocycles. The van der Waals surface area contributed by atoms with Gasteiger partial charge in [0.1, 0.15) is 0 Å². The van der Waals surface area contributed by atoms with Crippen molar-refractivity contribution in [2.24, 2.45) is 0 Å². The van der Waals surface area contributed by atoms with E-state index < -0.39 is 3.79 Å². The molecule has 1 rings (SSSR count). The predicted octanol–water partition coefficient (Wildman–Crippen LogP) is 3.16. The van der Waals surface area contributed by atoms with Gasteiger partial charge in [0.05, 0.1) is 4.58 Å². The minimum atomic E-state index is -1.08. The molecule has 1 aliphatic heterocycles. The quantitative estimate of drug-likeness (QED) is 0.579. The third-order valence-electron chi connectivity index (χ3n) is 0.889. The number of hydrogen-bond donors (Lipinski definition) is 0. The fourth-order valence-corrected chi connectivity index (χ4v) is 4.22. The molecular formula is C4H5Cl3S2. The van der Waals surface area contributed by atoms with Crippen LogP contribution in [-0.2, 0) is 0 Å². The smallest absolute Gasteiger partial charge is 0.142 e. The highest BCUT2D eigenvalue weighted by Gasteiger charge is 2.35. The van der Waals surface area contributed by atoms with E-state index in [0.717, 1.165) is 11.5 Å². The Bertz CT molecular complexity index is 94.5. The van der Waals surface area contributed by atoms with Gasteiger partial charge in [-0.15, -0.1) is 23.5 Å². The molecule has 0 spiro atoms. The Morgan fingerprint density at radius 1 is 1.11 bits per heavy atom. The van der Waals surface area contributed by atoms with E-state index >= 15 is 0 Å². The van der Waals surface area contributed by atoms with Crippen LogP contribution in [0.3, 0.4) is 0 Å². The van der Waals surface area contributed by atoms with Gasteiger partial charge in [-0.2, -0.15) is 0 Å². The van der Waals surface area contributed by atoms with E-state index in [1.165, 1.54) is 0 Å². The van der Waals surface area contributed by atoms with Gasteiger partial charge in [0.2, 0.25) is 3.79 Å². The molecule has 0 amide bonds. The van der Waals surface area contributed by atoms with Crippen LogP contribution < -0.4 is 0 Å². The van der Waals surface area contributed by atoms with Crippen LogP contribution in [0, 0.1) is 0 Å². The lowest BCUT2D eigenvalue weighted by Crippen LogP contribution is -2.15. The molecule has 5 heteroatoms. The molecule has 0 aromatic heterocycles. The Morgan fingerprint density at radius 2 is 1.56 bits per heavy atom. The third-order valence-corrected chi connectivity index (χ3v) is 5.59. The van der Waals surface area contributed by atoms with Crippen LogP contribution in [0.15, 0.2) is 0 Å². The molecule has 0 N–H and O–H groups in total. The van der Waals surface area contributed by atoms with E-state index in [1.807, 2.05) is 0 Å². The van der Waals surface area contributed by atoms with Crippen molar-refractivity contribution in [1.29, 1.82) is 0 Å². The molecule has 1 aliphatic rings. The summed E-state index contributed by atoms with van der Waals surface area (Å²) in [5.74, 6) is 2.20. The summed E-state index contributed by atoms with van der Waals surface area (Å²) in [7, 11) is 0. The predicted molar refractivity (Wildman–Crippen MR) is 49.0 cm³/mol. The SMILES string of the molecule is ClC(Cl)(Cl)C1SCCS1. The molecule has 0 nitrogen and oxygen atoms in total. The Kier molecular flexibility index (Phi) is 3.19. The number of alkyl halides is 3. The summed E-state index contributed by atoms with van der Waals surface area (Å²) in [5.41, 5.74) is 0. The van der Waals surface area contributed by atoms with Gasteiger partial charge >= 0.3 is 0 Å². The average molecular weight is 224 g/mol. The van der Waals surface area contributed by atoms with Crippen LogP contribution in [0.4, 0.5) is 0 Å². The Labute approximate surface area is 78.0 Å². The van der Waals surface area contributed by atoms with Crippen LogP contribution in [0.5, 0.6) is 0 Å². The molecule has 0 aromatic carbocycles. The van der Waals surface area contributed by atoms with Gasteiger partial charge in [-0.05, 0) is 0 Å². The zero-order chi connectivity index (χ0) is 6.91. The molecule has 0 aliphatic carbocycles. The zero-order valence-corrected chi connectivity index (χ0v) is 8.34. The minimum absolute atomic E-state index is 0.141. The first kappa shape index (κ1) is 8.66. The van der Waals surface area contributed by atoms with Gasteiger partial charge in [-0.25, -0.2) is 0 Å². The molecule has 0 unspecified atom stereocenters. The molecular weight excluding hydrogens is 219 g/mol. The highest BCUT2D eigenvalue weighted by molar-refractivity contribution is 8.20. The van der Waals surface area contributed by atoms with E-state index in [2.05, 4.69) is 0 Å². The van der Waals surface area contributed by atoms with E-state index in [0.29, 0.717) is 0 Å². The van der Waals surface area contributed by atoms with Gasteiger partial charge < -0.3 is 0 Å². The lowest BCUT2D eigenvalue weighted by molar-refractivity contribution is 1.23. The van der Waals surface area contributed by atoms with Crippen molar-refractivity contribution in [3.63, 3.8) is 0 Å². The lowest BCUT2D eigenvalue weighted by atomic mass is 10.9. The van der Waals surface area contributed by atoms with Crippen molar-refractivity contribution >= 4 is 58.3 Å². The molecule has 1 fully saturated rings. The van der Waals surface area contributed by atoms with Crippen molar-refractivity contribution in [2.75, 3.05) is 11.5 Å². The molecule has 1 saturated heterocycles. The molecule has 0 atom stereocenters. The zero-order valence-electron chi connectivity index (χ0n) is 4.44. The van der Waals surface area contributed by atoms with Crippen LogP contribution in [0.1, 0.15) is 0 Å². The van der Waals surface area contributed by atoms with Gasteiger partial charge in [-0.3, -0.25) is 0 Å². The van der Waals surface area contributed by atoms with Crippen LogP contribution >= 0.6 is 58.3 Å². The van der Waals surface area contributed by atoms with Gasteiger partial charge in [0.15, 0.2) is 0 Å². The summed E-state index contributed by atoms with van der Waals surface area (Å²) < 4.78 is -0.936. The maximum absolute atomic E-state index is 5.63. The summed E-state index contributed by atoms with van der Waals surface area (Å²) in [6.45, 7) is 0. The van der Waals surface area contributed by atoms with E-state index in [9.17, 15) is 0 Å². The van der Waals surface area contributed by atoms with Crippen molar-refractivity contribution in [3.8, 4) is 0 Å². The maximum atomic E-state index is 5.63. The summed E-state index contributed by atoms with van der Waals surface area (Å²) in [5, 5.41) is 0. The first-order chi connectivity index (χ1) is 4.11. The maximum Gasteiger partial charge on any atom is 0.211 e. The summed E-state index contributed by atoms with van der Waals surface area (Å²) in [6.07, 6.45) is 0. The number of rotatable bonds is 0. The Balaban J connectivity index is 2.42. The summed E-state index contributed by atoms with van der Waals surface area (Å²) >= 11 is 20.3. The number of hydrogen-bond acceptors (Lipinski definition) is 2. The fraction of sp³-hybridized carbons (Fsp3) is 1.00. The highest BCUT2D eigenvalue weighted by Crippen LogP contribution is 2.47. The molecule has 0 aromatic rings.